The average molecular weight is 328 g/mol. The van der Waals surface area contributed by atoms with E-state index in [1.807, 2.05) is 27.7 Å². The number of benzene rings is 1. The molecule has 2 rings (SSSR count). The predicted octanol–water partition coefficient (Wildman–Crippen LogP) is 2.41. The SMILES string of the molecule is CCn1c(=O)sc2cc(S(=O)(=O)N[C@@H](C)C(C)C)ccc21. The minimum Gasteiger partial charge on any atom is -0.299 e. The zero-order valence-corrected chi connectivity index (χ0v) is 14.2. The Labute approximate surface area is 128 Å². The molecule has 1 heterocycles. The van der Waals surface area contributed by atoms with Gasteiger partial charge in [0.1, 0.15) is 0 Å². The fraction of sp³-hybridized carbons (Fsp3) is 0.500. The van der Waals surface area contributed by atoms with E-state index in [-0.39, 0.29) is 21.7 Å². The monoisotopic (exact) mass is 328 g/mol. The van der Waals surface area contributed by atoms with Crippen LogP contribution in [-0.4, -0.2) is 19.0 Å². The molecular weight excluding hydrogens is 308 g/mol. The van der Waals surface area contributed by atoms with Crippen LogP contribution in [0.5, 0.6) is 0 Å². The number of nitrogens with zero attached hydrogens (tertiary/aromatic N) is 1. The Hall–Kier alpha value is -1.18. The fourth-order valence-corrected chi connectivity index (χ4v) is 4.45. The summed E-state index contributed by atoms with van der Waals surface area (Å²) >= 11 is 1.07. The summed E-state index contributed by atoms with van der Waals surface area (Å²) in [6, 6.07) is 4.68. The van der Waals surface area contributed by atoms with Crippen LogP contribution >= 0.6 is 11.3 Å². The van der Waals surface area contributed by atoms with Crippen molar-refractivity contribution in [1.29, 1.82) is 0 Å². The maximum Gasteiger partial charge on any atom is 0.308 e. The molecule has 2 aromatic rings. The lowest BCUT2D eigenvalue weighted by atomic mass is 10.1. The molecule has 1 aromatic heterocycles. The molecular formula is C14H20N2O3S2. The van der Waals surface area contributed by atoms with Gasteiger partial charge in [-0.05, 0) is 38.0 Å². The molecule has 0 unspecified atom stereocenters. The van der Waals surface area contributed by atoms with Gasteiger partial charge in [-0.2, -0.15) is 0 Å². The van der Waals surface area contributed by atoms with Crippen LogP contribution < -0.4 is 9.60 Å². The second-order valence-electron chi connectivity index (χ2n) is 5.40. The first-order chi connectivity index (χ1) is 9.76. The quantitative estimate of drug-likeness (QED) is 0.916. The highest BCUT2D eigenvalue weighted by molar-refractivity contribution is 7.89. The minimum atomic E-state index is -3.56. The van der Waals surface area contributed by atoms with Gasteiger partial charge < -0.3 is 0 Å². The van der Waals surface area contributed by atoms with E-state index in [9.17, 15) is 13.2 Å². The Balaban J connectivity index is 2.46. The molecule has 0 bridgehead atoms. The van der Waals surface area contributed by atoms with Gasteiger partial charge in [-0.25, -0.2) is 13.1 Å². The van der Waals surface area contributed by atoms with Crippen LogP contribution in [0.3, 0.4) is 0 Å². The topological polar surface area (TPSA) is 68.2 Å². The third kappa shape index (κ3) is 3.20. The number of fused-ring (bicyclic) bond motifs is 1. The van der Waals surface area contributed by atoms with Crippen LogP contribution in [0, 0.1) is 5.92 Å². The summed E-state index contributed by atoms with van der Waals surface area (Å²) in [5, 5.41) is 0. The van der Waals surface area contributed by atoms with Gasteiger partial charge in [0, 0.05) is 12.6 Å². The summed E-state index contributed by atoms with van der Waals surface area (Å²) in [6.07, 6.45) is 0. The standard InChI is InChI=1S/C14H20N2O3S2/c1-5-16-12-7-6-11(8-13(12)20-14(16)17)21(18,19)15-10(4)9(2)3/h6-10,15H,5H2,1-4H3/t10-/m0/s1. The van der Waals surface area contributed by atoms with E-state index in [4.69, 9.17) is 0 Å². The second kappa shape index (κ2) is 5.90. The molecule has 7 heteroatoms. The molecule has 0 spiro atoms. The molecule has 0 saturated carbocycles. The van der Waals surface area contributed by atoms with Gasteiger partial charge in [0.15, 0.2) is 0 Å². The summed E-state index contributed by atoms with van der Waals surface area (Å²) in [4.78, 5) is 12.0. The van der Waals surface area contributed by atoms with E-state index in [0.29, 0.717) is 11.2 Å². The Morgan fingerprint density at radius 3 is 2.52 bits per heavy atom. The van der Waals surface area contributed by atoms with Crippen LogP contribution in [0.1, 0.15) is 27.7 Å². The maximum atomic E-state index is 12.4. The summed E-state index contributed by atoms with van der Waals surface area (Å²) in [6.45, 7) is 8.23. The van der Waals surface area contributed by atoms with Gasteiger partial charge in [0.25, 0.3) is 0 Å². The summed E-state index contributed by atoms with van der Waals surface area (Å²) in [5.41, 5.74) is 0.781. The molecule has 21 heavy (non-hydrogen) atoms. The van der Waals surface area contributed by atoms with Gasteiger partial charge in [-0.15, -0.1) is 0 Å². The van der Waals surface area contributed by atoms with Gasteiger partial charge in [-0.1, -0.05) is 25.2 Å². The molecule has 1 atom stereocenters. The molecule has 5 nitrogen and oxygen atoms in total. The van der Waals surface area contributed by atoms with Gasteiger partial charge in [0.05, 0.1) is 15.1 Å². The highest BCUT2D eigenvalue weighted by atomic mass is 32.2. The zero-order chi connectivity index (χ0) is 15.8. The number of hydrogen-bond acceptors (Lipinski definition) is 4. The molecule has 1 N–H and O–H groups in total. The van der Waals surface area contributed by atoms with Crippen LogP contribution in [0.4, 0.5) is 0 Å². The molecule has 116 valence electrons. The molecule has 0 aliphatic rings. The van der Waals surface area contributed by atoms with Crippen molar-refractivity contribution in [2.45, 2.75) is 45.2 Å². The number of nitrogens with one attached hydrogen (secondary N) is 1. The van der Waals surface area contributed by atoms with Crippen molar-refractivity contribution < 1.29 is 8.42 Å². The first kappa shape index (κ1) is 16.2. The van der Waals surface area contributed by atoms with Gasteiger partial charge in [-0.3, -0.25) is 9.36 Å². The maximum absolute atomic E-state index is 12.4. The van der Waals surface area contributed by atoms with Crippen molar-refractivity contribution in [1.82, 2.24) is 9.29 Å². The van der Waals surface area contributed by atoms with Gasteiger partial charge >= 0.3 is 4.87 Å². The number of sulfonamides is 1. The Bertz CT molecular complexity index is 803. The predicted molar refractivity (Wildman–Crippen MR) is 86.4 cm³/mol. The van der Waals surface area contributed by atoms with E-state index in [0.717, 1.165) is 16.9 Å². The Morgan fingerprint density at radius 2 is 1.95 bits per heavy atom. The lowest BCUT2D eigenvalue weighted by Gasteiger charge is -2.17. The zero-order valence-electron chi connectivity index (χ0n) is 12.6. The van der Waals surface area contributed by atoms with E-state index < -0.39 is 10.0 Å². The number of rotatable bonds is 5. The highest BCUT2D eigenvalue weighted by Gasteiger charge is 2.20. The van der Waals surface area contributed by atoms with E-state index in [1.54, 1.807) is 22.8 Å². The summed E-state index contributed by atoms with van der Waals surface area (Å²) in [5.74, 6) is 0.209. The Kier molecular flexibility index (Phi) is 4.55. The first-order valence-corrected chi connectivity index (χ1v) is 9.22. The van der Waals surface area contributed by atoms with Crippen LogP contribution in [0.2, 0.25) is 0 Å². The number of aryl methyl sites for hydroxylation is 1. The number of aromatic nitrogens is 1. The van der Waals surface area contributed by atoms with E-state index in [2.05, 4.69) is 4.72 Å². The molecule has 0 saturated heterocycles. The third-order valence-corrected chi connectivity index (χ3v) is 6.11. The van der Waals surface area contributed by atoms with Gasteiger partial charge in [0.2, 0.25) is 10.0 Å². The Morgan fingerprint density at radius 1 is 1.29 bits per heavy atom. The highest BCUT2D eigenvalue weighted by Crippen LogP contribution is 2.22. The number of hydrogen-bond donors (Lipinski definition) is 1. The van der Waals surface area contributed by atoms with Crippen molar-refractivity contribution >= 4 is 31.6 Å². The van der Waals surface area contributed by atoms with E-state index >= 15 is 0 Å². The molecule has 0 aliphatic carbocycles. The van der Waals surface area contributed by atoms with Crippen molar-refractivity contribution in [3.8, 4) is 0 Å². The molecule has 0 amide bonds. The molecule has 0 aliphatic heterocycles. The fourth-order valence-electron chi connectivity index (χ4n) is 1.96. The van der Waals surface area contributed by atoms with Crippen LogP contribution in [0.15, 0.2) is 27.9 Å². The molecule has 0 radical (unpaired) electrons. The van der Waals surface area contributed by atoms with Crippen LogP contribution in [-0.2, 0) is 16.6 Å². The normalized spacial score (nSPS) is 14.0. The van der Waals surface area contributed by atoms with Crippen molar-refractivity contribution in [2.24, 2.45) is 5.92 Å². The largest absolute Gasteiger partial charge is 0.308 e. The summed E-state index contributed by atoms with van der Waals surface area (Å²) < 4.78 is 29.7. The average Bonchev–Trinajstić information content (AvgIpc) is 2.72. The number of thiazole rings is 1. The van der Waals surface area contributed by atoms with Crippen LogP contribution in [0.25, 0.3) is 10.2 Å². The molecule has 0 fully saturated rings. The van der Waals surface area contributed by atoms with Crippen molar-refractivity contribution in [3.63, 3.8) is 0 Å². The summed E-state index contributed by atoms with van der Waals surface area (Å²) in [7, 11) is -3.56. The third-order valence-electron chi connectivity index (χ3n) is 3.61. The molecule has 1 aromatic carbocycles. The van der Waals surface area contributed by atoms with E-state index in [1.165, 1.54) is 0 Å². The lowest BCUT2D eigenvalue weighted by Crippen LogP contribution is -2.36. The van der Waals surface area contributed by atoms with Crippen molar-refractivity contribution in [2.75, 3.05) is 0 Å². The minimum absolute atomic E-state index is 0.0643. The first-order valence-electron chi connectivity index (χ1n) is 6.92. The lowest BCUT2D eigenvalue weighted by molar-refractivity contribution is 0.476. The second-order valence-corrected chi connectivity index (χ2v) is 8.10. The smallest absolute Gasteiger partial charge is 0.299 e. The van der Waals surface area contributed by atoms with Crippen molar-refractivity contribution in [3.05, 3.63) is 27.9 Å².